The fraction of sp³-hybridized carbons (Fsp3) is 0.250. The number of nitrogens with zero attached hydrogens (tertiary/aromatic N) is 1. The van der Waals surface area contributed by atoms with Gasteiger partial charge in [0.25, 0.3) is 0 Å². The number of hydrogen-bond donors (Lipinski definition) is 1. The van der Waals surface area contributed by atoms with Crippen LogP contribution in [-0.2, 0) is 16.6 Å². The molecular formula is C16H19ClN2O3S. The predicted molar refractivity (Wildman–Crippen MR) is 92.6 cm³/mol. The van der Waals surface area contributed by atoms with E-state index in [9.17, 15) is 8.42 Å². The molecule has 0 radical (unpaired) electrons. The lowest BCUT2D eigenvalue weighted by atomic mass is 10.2. The SMILES string of the molecule is COc1ccc(NCc2cccc(S(=O)(=O)N(C)C)c2)cc1Cl. The molecule has 0 unspecified atom stereocenters. The van der Waals surface area contributed by atoms with E-state index in [2.05, 4.69) is 5.32 Å². The van der Waals surface area contributed by atoms with Crippen LogP contribution in [-0.4, -0.2) is 33.9 Å². The van der Waals surface area contributed by atoms with Crippen LogP contribution in [0, 0.1) is 0 Å². The summed E-state index contributed by atoms with van der Waals surface area (Å²) in [7, 11) is 1.16. The number of sulfonamides is 1. The van der Waals surface area contributed by atoms with Gasteiger partial charge in [-0.15, -0.1) is 0 Å². The lowest BCUT2D eigenvalue weighted by Crippen LogP contribution is -2.22. The fourth-order valence-corrected chi connectivity index (χ4v) is 3.24. The smallest absolute Gasteiger partial charge is 0.242 e. The van der Waals surface area contributed by atoms with Gasteiger partial charge < -0.3 is 10.1 Å². The van der Waals surface area contributed by atoms with Crippen molar-refractivity contribution >= 4 is 27.3 Å². The maximum absolute atomic E-state index is 12.1. The molecule has 7 heteroatoms. The van der Waals surface area contributed by atoms with Crippen LogP contribution in [0.1, 0.15) is 5.56 Å². The first-order valence-corrected chi connectivity index (χ1v) is 8.75. The van der Waals surface area contributed by atoms with Gasteiger partial charge in [0.05, 0.1) is 17.0 Å². The van der Waals surface area contributed by atoms with Crippen LogP contribution in [0.5, 0.6) is 5.75 Å². The van der Waals surface area contributed by atoms with Crippen LogP contribution in [0.2, 0.25) is 5.02 Å². The molecule has 0 atom stereocenters. The largest absolute Gasteiger partial charge is 0.495 e. The Hall–Kier alpha value is -1.76. The van der Waals surface area contributed by atoms with Gasteiger partial charge >= 0.3 is 0 Å². The number of nitrogens with one attached hydrogen (secondary N) is 1. The minimum absolute atomic E-state index is 0.273. The van der Waals surface area contributed by atoms with E-state index in [0.29, 0.717) is 17.3 Å². The van der Waals surface area contributed by atoms with E-state index in [0.717, 1.165) is 11.3 Å². The molecule has 0 saturated heterocycles. The highest BCUT2D eigenvalue weighted by Crippen LogP contribution is 2.27. The number of rotatable bonds is 6. The second kappa shape index (κ2) is 7.21. The molecule has 0 aliphatic heterocycles. The van der Waals surface area contributed by atoms with Crippen molar-refractivity contribution in [2.24, 2.45) is 0 Å². The monoisotopic (exact) mass is 354 g/mol. The maximum atomic E-state index is 12.1. The minimum Gasteiger partial charge on any atom is -0.495 e. The van der Waals surface area contributed by atoms with Crippen molar-refractivity contribution in [3.8, 4) is 5.75 Å². The van der Waals surface area contributed by atoms with Gasteiger partial charge in [0.2, 0.25) is 10.0 Å². The molecule has 23 heavy (non-hydrogen) atoms. The second-order valence-electron chi connectivity index (χ2n) is 5.14. The first-order chi connectivity index (χ1) is 10.8. The zero-order valence-corrected chi connectivity index (χ0v) is 14.8. The average molecular weight is 355 g/mol. The van der Waals surface area contributed by atoms with E-state index in [1.54, 1.807) is 37.4 Å². The highest BCUT2D eigenvalue weighted by Gasteiger charge is 2.17. The normalized spacial score (nSPS) is 11.5. The Bertz CT molecular complexity index is 792. The van der Waals surface area contributed by atoms with E-state index in [4.69, 9.17) is 16.3 Å². The summed E-state index contributed by atoms with van der Waals surface area (Å²) in [6, 6.07) is 12.2. The molecular weight excluding hydrogens is 336 g/mol. The van der Waals surface area contributed by atoms with Crippen molar-refractivity contribution in [2.75, 3.05) is 26.5 Å². The quantitative estimate of drug-likeness (QED) is 0.865. The van der Waals surface area contributed by atoms with Gasteiger partial charge in [-0.1, -0.05) is 23.7 Å². The maximum Gasteiger partial charge on any atom is 0.242 e. The molecule has 0 aliphatic carbocycles. The van der Waals surface area contributed by atoms with Crippen LogP contribution in [0.4, 0.5) is 5.69 Å². The molecule has 0 amide bonds. The fourth-order valence-electron chi connectivity index (χ4n) is 2.01. The van der Waals surface area contributed by atoms with E-state index in [1.807, 2.05) is 12.1 Å². The van der Waals surface area contributed by atoms with Crippen molar-refractivity contribution in [1.82, 2.24) is 4.31 Å². The number of ether oxygens (including phenoxy) is 1. The van der Waals surface area contributed by atoms with Gasteiger partial charge in [-0.2, -0.15) is 0 Å². The Morgan fingerprint density at radius 3 is 2.52 bits per heavy atom. The number of halogens is 1. The molecule has 0 aromatic heterocycles. The van der Waals surface area contributed by atoms with E-state index in [1.165, 1.54) is 18.4 Å². The Morgan fingerprint density at radius 2 is 1.91 bits per heavy atom. The lowest BCUT2D eigenvalue weighted by molar-refractivity contribution is 0.415. The molecule has 2 rings (SSSR count). The molecule has 2 aromatic carbocycles. The summed E-state index contributed by atoms with van der Waals surface area (Å²) in [4.78, 5) is 0.273. The van der Waals surface area contributed by atoms with Crippen molar-refractivity contribution in [3.63, 3.8) is 0 Å². The van der Waals surface area contributed by atoms with Gasteiger partial charge in [0.15, 0.2) is 0 Å². The lowest BCUT2D eigenvalue weighted by Gasteiger charge is -2.13. The molecule has 5 nitrogen and oxygen atoms in total. The van der Waals surface area contributed by atoms with E-state index >= 15 is 0 Å². The second-order valence-corrected chi connectivity index (χ2v) is 7.70. The molecule has 0 bridgehead atoms. The third-order valence-electron chi connectivity index (χ3n) is 3.33. The zero-order valence-electron chi connectivity index (χ0n) is 13.2. The van der Waals surface area contributed by atoms with Crippen LogP contribution >= 0.6 is 11.6 Å². The highest BCUT2D eigenvalue weighted by atomic mass is 35.5. The van der Waals surface area contributed by atoms with Gasteiger partial charge in [0, 0.05) is 26.3 Å². The zero-order chi connectivity index (χ0) is 17.0. The minimum atomic E-state index is -3.43. The Kier molecular flexibility index (Phi) is 5.51. The van der Waals surface area contributed by atoms with Crippen LogP contribution in [0.15, 0.2) is 47.4 Å². The number of benzene rings is 2. The summed E-state index contributed by atoms with van der Waals surface area (Å²) in [5.41, 5.74) is 1.69. The van der Waals surface area contributed by atoms with Gasteiger partial charge in [-0.3, -0.25) is 0 Å². The van der Waals surface area contributed by atoms with Gasteiger partial charge in [-0.05, 0) is 35.9 Å². The summed E-state index contributed by atoms with van der Waals surface area (Å²) in [5, 5.41) is 3.73. The third kappa shape index (κ3) is 4.16. The van der Waals surface area contributed by atoms with Crippen molar-refractivity contribution in [2.45, 2.75) is 11.4 Å². The number of hydrogen-bond acceptors (Lipinski definition) is 4. The van der Waals surface area contributed by atoms with Gasteiger partial charge in [-0.25, -0.2) is 12.7 Å². The summed E-state index contributed by atoms with van der Waals surface area (Å²) < 4.78 is 30.6. The van der Waals surface area contributed by atoms with Crippen LogP contribution < -0.4 is 10.1 Å². The summed E-state index contributed by atoms with van der Waals surface area (Å²) >= 11 is 6.08. The number of methoxy groups -OCH3 is 1. The molecule has 2 aromatic rings. The molecule has 0 aliphatic rings. The molecule has 0 spiro atoms. The predicted octanol–water partition coefficient (Wildman–Crippen LogP) is 3.21. The van der Waals surface area contributed by atoms with Crippen molar-refractivity contribution in [3.05, 3.63) is 53.1 Å². The van der Waals surface area contributed by atoms with E-state index in [-0.39, 0.29) is 4.90 Å². The Balaban J connectivity index is 2.14. The third-order valence-corrected chi connectivity index (χ3v) is 5.43. The molecule has 0 heterocycles. The van der Waals surface area contributed by atoms with E-state index < -0.39 is 10.0 Å². The van der Waals surface area contributed by atoms with Crippen molar-refractivity contribution in [1.29, 1.82) is 0 Å². The van der Waals surface area contributed by atoms with Crippen LogP contribution in [0.25, 0.3) is 0 Å². The summed E-state index contributed by atoms with van der Waals surface area (Å²) in [6.45, 7) is 0.486. The molecule has 1 N–H and O–H groups in total. The molecule has 0 fully saturated rings. The van der Waals surface area contributed by atoms with Crippen molar-refractivity contribution < 1.29 is 13.2 Å². The number of anilines is 1. The first kappa shape index (κ1) is 17.6. The highest BCUT2D eigenvalue weighted by molar-refractivity contribution is 7.89. The molecule has 124 valence electrons. The molecule has 0 saturated carbocycles. The summed E-state index contributed by atoms with van der Waals surface area (Å²) in [5.74, 6) is 0.608. The standard InChI is InChI=1S/C16H19ClN2O3S/c1-19(2)23(20,21)14-6-4-5-12(9-14)11-18-13-7-8-16(22-3)15(17)10-13/h4-10,18H,11H2,1-3H3. The average Bonchev–Trinajstić information content (AvgIpc) is 2.53. The summed E-state index contributed by atoms with van der Waals surface area (Å²) in [6.07, 6.45) is 0. The topological polar surface area (TPSA) is 58.6 Å². The van der Waals surface area contributed by atoms with Crippen LogP contribution in [0.3, 0.4) is 0 Å². The Labute approximate surface area is 141 Å². The first-order valence-electron chi connectivity index (χ1n) is 6.93. The van der Waals surface area contributed by atoms with Gasteiger partial charge in [0.1, 0.15) is 5.75 Å². The Morgan fingerprint density at radius 1 is 1.17 bits per heavy atom.